The van der Waals surface area contributed by atoms with Crippen molar-refractivity contribution in [2.24, 2.45) is 5.84 Å². The number of rotatable bonds is 6. The van der Waals surface area contributed by atoms with Crippen LogP contribution in [-0.2, 0) is 6.54 Å². The van der Waals surface area contributed by atoms with E-state index < -0.39 is 0 Å². The molecule has 0 fully saturated rings. The summed E-state index contributed by atoms with van der Waals surface area (Å²) in [5.74, 6) is 6.09. The van der Waals surface area contributed by atoms with Crippen molar-refractivity contribution >= 4 is 11.9 Å². The van der Waals surface area contributed by atoms with Gasteiger partial charge in [0.15, 0.2) is 0 Å². The van der Waals surface area contributed by atoms with Gasteiger partial charge in [0.05, 0.1) is 18.8 Å². The Kier molecular flexibility index (Phi) is 4.83. The van der Waals surface area contributed by atoms with E-state index in [-0.39, 0.29) is 12.0 Å². The molecule has 2 heterocycles. The predicted octanol–water partition coefficient (Wildman–Crippen LogP) is 0.896. The Labute approximate surface area is 123 Å². The third-order valence-corrected chi connectivity index (χ3v) is 2.69. The van der Waals surface area contributed by atoms with Crippen molar-refractivity contribution in [3.8, 4) is 6.01 Å². The van der Waals surface area contributed by atoms with E-state index in [1.165, 1.54) is 0 Å². The zero-order chi connectivity index (χ0) is 15.2. The van der Waals surface area contributed by atoms with Crippen molar-refractivity contribution in [1.29, 1.82) is 0 Å². The molecule has 2 aromatic heterocycles. The summed E-state index contributed by atoms with van der Waals surface area (Å²) < 4.78 is 5.31. The van der Waals surface area contributed by atoms with Gasteiger partial charge in [-0.05, 0) is 26.0 Å². The average Bonchev–Trinajstić information content (AvgIpc) is 2.47. The van der Waals surface area contributed by atoms with E-state index in [9.17, 15) is 0 Å². The van der Waals surface area contributed by atoms with E-state index >= 15 is 0 Å². The quantitative estimate of drug-likeness (QED) is 0.597. The highest BCUT2D eigenvalue weighted by Crippen LogP contribution is 2.15. The van der Waals surface area contributed by atoms with Crippen LogP contribution in [0.3, 0.4) is 0 Å². The van der Waals surface area contributed by atoms with Crippen LogP contribution in [0.2, 0.25) is 0 Å². The number of nitrogens with zero attached hydrogens (tertiary/aromatic N) is 5. The number of nitrogens with one attached hydrogen (secondary N) is 1. The Bertz CT molecular complexity index is 605. The molecule has 0 aliphatic rings. The zero-order valence-corrected chi connectivity index (χ0v) is 12.4. The Morgan fingerprint density at radius 3 is 2.71 bits per heavy atom. The van der Waals surface area contributed by atoms with Crippen molar-refractivity contribution in [3.05, 3.63) is 29.6 Å². The first-order valence-electron chi connectivity index (χ1n) is 6.61. The van der Waals surface area contributed by atoms with Gasteiger partial charge in [0.25, 0.3) is 0 Å². The van der Waals surface area contributed by atoms with Gasteiger partial charge in [-0.2, -0.15) is 15.0 Å². The van der Waals surface area contributed by atoms with E-state index in [1.807, 2.05) is 44.0 Å². The number of aryl methyl sites for hydroxylation is 1. The summed E-state index contributed by atoms with van der Waals surface area (Å²) >= 11 is 0. The van der Waals surface area contributed by atoms with Crippen molar-refractivity contribution in [2.75, 3.05) is 24.0 Å². The number of hydrazine groups is 1. The minimum atomic E-state index is 0.236. The molecule has 0 unspecified atom stereocenters. The van der Waals surface area contributed by atoms with Gasteiger partial charge in [-0.15, -0.1) is 0 Å². The summed E-state index contributed by atoms with van der Waals surface area (Å²) in [7, 11) is 1.87. The number of nitrogens with two attached hydrogens (primary N) is 1. The number of ether oxygens (including phenoxy) is 1. The smallest absolute Gasteiger partial charge is 0.323 e. The van der Waals surface area contributed by atoms with Crippen LogP contribution >= 0.6 is 0 Å². The highest BCUT2D eigenvalue weighted by Gasteiger charge is 2.11. The van der Waals surface area contributed by atoms with Gasteiger partial charge in [0, 0.05) is 12.7 Å². The second-order valence-electron chi connectivity index (χ2n) is 4.45. The number of nitrogen functional groups attached to an aromatic ring is 1. The Balaban J connectivity index is 2.21. The molecule has 0 saturated heterocycles. The molecule has 0 spiro atoms. The molecule has 0 atom stereocenters. The Morgan fingerprint density at radius 2 is 2.05 bits per heavy atom. The van der Waals surface area contributed by atoms with E-state index in [1.54, 1.807) is 0 Å². The average molecular weight is 289 g/mol. The lowest BCUT2D eigenvalue weighted by Crippen LogP contribution is -2.22. The first-order valence-corrected chi connectivity index (χ1v) is 6.61. The fourth-order valence-electron chi connectivity index (χ4n) is 1.78. The van der Waals surface area contributed by atoms with Gasteiger partial charge in [-0.1, -0.05) is 6.07 Å². The van der Waals surface area contributed by atoms with E-state index in [0.717, 1.165) is 11.4 Å². The molecule has 0 aliphatic heterocycles. The monoisotopic (exact) mass is 289 g/mol. The lowest BCUT2D eigenvalue weighted by atomic mass is 10.3. The molecule has 0 radical (unpaired) electrons. The summed E-state index contributed by atoms with van der Waals surface area (Å²) in [6, 6.07) is 6.11. The van der Waals surface area contributed by atoms with Crippen LogP contribution in [0.5, 0.6) is 6.01 Å². The molecule has 3 N–H and O–H groups in total. The molecule has 8 heteroatoms. The minimum Gasteiger partial charge on any atom is -0.464 e. The number of anilines is 2. The lowest BCUT2D eigenvalue weighted by Gasteiger charge is -2.17. The van der Waals surface area contributed by atoms with Crippen molar-refractivity contribution in [2.45, 2.75) is 20.4 Å². The third-order valence-electron chi connectivity index (χ3n) is 2.69. The molecule has 0 bridgehead atoms. The maximum atomic E-state index is 5.37. The normalized spacial score (nSPS) is 10.3. The largest absolute Gasteiger partial charge is 0.464 e. The van der Waals surface area contributed by atoms with Gasteiger partial charge in [0.1, 0.15) is 0 Å². The molecular weight excluding hydrogens is 270 g/mol. The highest BCUT2D eigenvalue weighted by atomic mass is 16.5. The van der Waals surface area contributed by atoms with Crippen molar-refractivity contribution in [3.63, 3.8) is 0 Å². The fraction of sp³-hybridized carbons (Fsp3) is 0.385. The first kappa shape index (κ1) is 14.9. The SMILES string of the molecule is CCOc1nc(NN)nc(N(C)Cc2cccc(C)n2)n1. The summed E-state index contributed by atoms with van der Waals surface area (Å²) in [6.45, 7) is 4.85. The van der Waals surface area contributed by atoms with Gasteiger partial charge in [0.2, 0.25) is 11.9 Å². The van der Waals surface area contributed by atoms with E-state index in [0.29, 0.717) is 19.1 Å². The minimum absolute atomic E-state index is 0.236. The molecule has 2 aromatic rings. The maximum absolute atomic E-state index is 5.37. The Morgan fingerprint density at radius 1 is 1.24 bits per heavy atom. The molecule has 0 saturated carbocycles. The number of aromatic nitrogens is 4. The fourth-order valence-corrected chi connectivity index (χ4v) is 1.78. The van der Waals surface area contributed by atoms with Gasteiger partial charge in [-0.25, -0.2) is 5.84 Å². The first-order chi connectivity index (χ1) is 10.1. The van der Waals surface area contributed by atoms with Crippen LogP contribution < -0.4 is 20.9 Å². The molecule has 0 amide bonds. The second-order valence-corrected chi connectivity index (χ2v) is 4.45. The van der Waals surface area contributed by atoms with E-state index in [2.05, 4.69) is 25.4 Å². The van der Waals surface area contributed by atoms with Crippen LogP contribution in [0.25, 0.3) is 0 Å². The summed E-state index contributed by atoms with van der Waals surface area (Å²) in [5.41, 5.74) is 4.31. The molecule has 8 nitrogen and oxygen atoms in total. The number of hydrogen-bond donors (Lipinski definition) is 2. The Hall–Kier alpha value is -2.48. The van der Waals surface area contributed by atoms with Crippen LogP contribution in [0.1, 0.15) is 18.3 Å². The number of hydrogen-bond acceptors (Lipinski definition) is 8. The predicted molar refractivity (Wildman–Crippen MR) is 79.9 cm³/mol. The summed E-state index contributed by atoms with van der Waals surface area (Å²) in [6.07, 6.45) is 0. The van der Waals surface area contributed by atoms with Gasteiger partial charge < -0.3 is 9.64 Å². The van der Waals surface area contributed by atoms with Crippen molar-refractivity contribution < 1.29 is 4.74 Å². The molecule has 2 rings (SSSR count). The molecule has 21 heavy (non-hydrogen) atoms. The van der Waals surface area contributed by atoms with Crippen molar-refractivity contribution in [1.82, 2.24) is 19.9 Å². The van der Waals surface area contributed by atoms with Crippen LogP contribution in [0.4, 0.5) is 11.9 Å². The summed E-state index contributed by atoms with van der Waals surface area (Å²) in [5, 5.41) is 0. The number of pyridine rings is 1. The van der Waals surface area contributed by atoms with Gasteiger partial charge in [-0.3, -0.25) is 10.4 Å². The highest BCUT2D eigenvalue weighted by molar-refractivity contribution is 5.37. The van der Waals surface area contributed by atoms with Gasteiger partial charge >= 0.3 is 6.01 Å². The molecular formula is C13H19N7O. The lowest BCUT2D eigenvalue weighted by molar-refractivity contribution is 0.312. The second kappa shape index (κ2) is 6.80. The zero-order valence-electron chi connectivity index (χ0n) is 12.4. The van der Waals surface area contributed by atoms with Crippen LogP contribution in [0.15, 0.2) is 18.2 Å². The standard InChI is InChI=1S/C13H19N7O/c1-4-21-13-17-11(19-14)16-12(18-13)20(3)8-10-7-5-6-9(2)15-10/h5-7H,4,8,14H2,1-3H3,(H,16,17,18,19). The third kappa shape index (κ3) is 3.99. The maximum Gasteiger partial charge on any atom is 0.323 e. The molecule has 112 valence electrons. The van der Waals surface area contributed by atoms with Crippen LogP contribution in [0, 0.1) is 6.92 Å². The van der Waals surface area contributed by atoms with E-state index in [4.69, 9.17) is 10.6 Å². The molecule has 0 aromatic carbocycles. The molecule has 0 aliphatic carbocycles. The van der Waals surface area contributed by atoms with Crippen LogP contribution in [-0.4, -0.2) is 33.6 Å². The topological polar surface area (TPSA) is 102 Å². The summed E-state index contributed by atoms with van der Waals surface area (Å²) in [4.78, 5) is 18.8.